The molecule has 1 heterocycles. The fourth-order valence-electron chi connectivity index (χ4n) is 3.31. The number of nitriles is 1. The molecule has 0 aliphatic heterocycles. The van der Waals surface area contributed by atoms with Crippen LogP contribution in [0.2, 0.25) is 0 Å². The van der Waals surface area contributed by atoms with Gasteiger partial charge in [-0.05, 0) is 70.2 Å². The SMILES string of the molecule is CN(C)C(CNc1nc2c(cc1C#N)CCCC2)C1CC1. The Kier molecular flexibility index (Phi) is 4.12. The van der Waals surface area contributed by atoms with Crippen molar-refractivity contribution in [3.05, 3.63) is 22.9 Å². The standard InChI is InChI=1S/C17H24N4/c1-21(2)16(12-7-8-12)11-19-17-14(10-18)9-13-5-3-4-6-15(13)20-17/h9,12,16H,3-8,11H2,1-2H3,(H,19,20). The average Bonchev–Trinajstić information content (AvgIpc) is 3.31. The molecule has 1 atom stereocenters. The van der Waals surface area contributed by atoms with E-state index in [9.17, 15) is 5.26 Å². The lowest BCUT2D eigenvalue weighted by Crippen LogP contribution is -2.36. The molecule has 0 bridgehead atoms. The highest BCUT2D eigenvalue weighted by Gasteiger charge is 2.32. The number of aromatic nitrogens is 1. The Morgan fingerprint density at radius 1 is 1.38 bits per heavy atom. The molecule has 1 aromatic heterocycles. The molecule has 4 heteroatoms. The first kappa shape index (κ1) is 14.3. The second-order valence-corrected chi connectivity index (χ2v) is 6.56. The van der Waals surface area contributed by atoms with Crippen LogP contribution in [0.15, 0.2) is 6.07 Å². The predicted molar refractivity (Wildman–Crippen MR) is 84.3 cm³/mol. The van der Waals surface area contributed by atoms with Gasteiger partial charge in [-0.25, -0.2) is 4.98 Å². The number of likely N-dealkylation sites (N-methyl/N-ethyl adjacent to an activating group) is 1. The van der Waals surface area contributed by atoms with Gasteiger partial charge in [-0.3, -0.25) is 0 Å². The minimum absolute atomic E-state index is 0.536. The van der Waals surface area contributed by atoms with Gasteiger partial charge in [-0.2, -0.15) is 5.26 Å². The van der Waals surface area contributed by atoms with Crippen LogP contribution < -0.4 is 5.32 Å². The van der Waals surface area contributed by atoms with E-state index in [1.54, 1.807) is 0 Å². The van der Waals surface area contributed by atoms with Crippen LogP contribution in [0.25, 0.3) is 0 Å². The Labute approximate surface area is 127 Å². The zero-order valence-electron chi connectivity index (χ0n) is 13.0. The minimum Gasteiger partial charge on any atom is -0.367 e. The summed E-state index contributed by atoms with van der Waals surface area (Å²) < 4.78 is 0. The summed E-state index contributed by atoms with van der Waals surface area (Å²) in [6.07, 6.45) is 7.21. The molecule has 2 aliphatic rings. The molecular weight excluding hydrogens is 260 g/mol. The highest BCUT2D eigenvalue weighted by Crippen LogP contribution is 2.35. The Balaban J connectivity index is 1.76. The van der Waals surface area contributed by atoms with Crippen molar-refractivity contribution in [1.82, 2.24) is 9.88 Å². The molecule has 1 unspecified atom stereocenters. The maximum absolute atomic E-state index is 9.38. The second kappa shape index (κ2) is 6.03. The van der Waals surface area contributed by atoms with Gasteiger partial charge in [0.25, 0.3) is 0 Å². The summed E-state index contributed by atoms with van der Waals surface area (Å²) in [4.78, 5) is 7.03. The molecule has 0 saturated heterocycles. The Morgan fingerprint density at radius 3 is 2.81 bits per heavy atom. The number of nitrogens with one attached hydrogen (secondary N) is 1. The zero-order chi connectivity index (χ0) is 14.8. The van der Waals surface area contributed by atoms with Crippen LogP contribution in [0.5, 0.6) is 0 Å². The van der Waals surface area contributed by atoms with Gasteiger partial charge >= 0.3 is 0 Å². The lowest BCUT2D eigenvalue weighted by molar-refractivity contribution is 0.276. The van der Waals surface area contributed by atoms with Crippen LogP contribution in [-0.2, 0) is 12.8 Å². The number of pyridine rings is 1. The quantitative estimate of drug-likeness (QED) is 0.903. The molecule has 0 amide bonds. The first-order chi connectivity index (χ1) is 10.2. The summed E-state index contributed by atoms with van der Waals surface area (Å²) in [5.41, 5.74) is 3.16. The van der Waals surface area contributed by atoms with E-state index >= 15 is 0 Å². The van der Waals surface area contributed by atoms with Crippen molar-refractivity contribution in [2.75, 3.05) is 26.0 Å². The van der Waals surface area contributed by atoms with E-state index in [0.29, 0.717) is 11.6 Å². The third kappa shape index (κ3) is 3.19. The van der Waals surface area contributed by atoms with Crippen LogP contribution >= 0.6 is 0 Å². The molecule has 21 heavy (non-hydrogen) atoms. The van der Waals surface area contributed by atoms with E-state index in [1.165, 1.54) is 36.9 Å². The number of hydrogen-bond acceptors (Lipinski definition) is 4. The van der Waals surface area contributed by atoms with E-state index in [0.717, 1.165) is 31.1 Å². The van der Waals surface area contributed by atoms with E-state index in [1.807, 2.05) is 6.07 Å². The Morgan fingerprint density at radius 2 is 2.14 bits per heavy atom. The topological polar surface area (TPSA) is 52.0 Å². The second-order valence-electron chi connectivity index (χ2n) is 6.56. The van der Waals surface area contributed by atoms with Crippen LogP contribution in [0.4, 0.5) is 5.82 Å². The zero-order valence-corrected chi connectivity index (χ0v) is 13.0. The molecule has 1 saturated carbocycles. The molecule has 1 N–H and O–H groups in total. The fourth-order valence-corrected chi connectivity index (χ4v) is 3.31. The van der Waals surface area contributed by atoms with Gasteiger partial charge in [0.15, 0.2) is 0 Å². The largest absolute Gasteiger partial charge is 0.367 e. The fraction of sp³-hybridized carbons (Fsp3) is 0.647. The van der Waals surface area contributed by atoms with Gasteiger partial charge in [0.05, 0.1) is 5.56 Å². The predicted octanol–water partition coefficient (Wildman–Crippen LogP) is 2.58. The lowest BCUT2D eigenvalue weighted by Gasteiger charge is -2.25. The summed E-state index contributed by atoms with van der Waals surface area (Å²) >= 11 is 0. The van der Waals surface area contributed by atoms with Crippen molar-refractivity contribution < 1.29 is 0 Å². The summed E-state index contributed by atoms with van der Waals surface area (Å²) in [5.74, 6) is 1.58. The van der Waals surface area contributed by atoms with Gasteiger partial charge in [-0.15, -0.1) is 0 Å². The van der Waals surface area contributed by atoms with Gasteiger partial charge < -0.3 is 10.2 Å². The highest BCUT2D eigenvalue weighted by atomic mass is 15.1. The van der Waals surface area contributed by atoms with Crippen molar-refractivity contribution in [3.8, 4) is 6.07 Å². The summed E-state index contributed by atoms with van der Waals surface area (Å²) in [5, 5.41) is 12.8. The maximum Gasteiger partial charge on any atom is 0.144 e. The van der Waals surface area contributed by atoms with Gasteiger partial charge in [0.1, 0.15) is 11.9 Å². The van der Waals surface area contributed by atoms with Gasteiger partial charge in [-0.1, -0.05) is 0 Å². The van der Waals surface area contributed by atoms with Gasteiger partial charge in [0, 0.05) is 18.3 Å². The molecule has 4 nitrogen and oxygen atoms in total. The molecule has 3 rings (SSSR count). The number of rotatable bonds is 5. The van der Waals surface area contributed by atoms with Crippen LogP contribution in [-0.4, -0.2) is 36.6 Å². The number of anilines is 1. The molecule has 112 valence electrons. The molecule has 0 spiro atoms. The number of hydrogen-bond donors (Lipinski definition) is 1. The molecule has 1 fully saturated rings. The van der Waals surface area contributed by atoms with E-state index in [-0.39, 0.29) is 0 Å². The first-order valence-corrected chi connectivity index (χ1v) is 8.02. The van der Waals surface area contributed by atoms with Crippen molar-refractivity contribution in [3.63, 3.8) is 0 Å². The van der Waals surface area contributed by atoms with E-state index < -0.39 is 0 Å². The van der Waals surface area contributed by atoms with Crippen LogP contribution in [0.1, 0.15) is 42.5 Å². The molecule has 0 aromatic carbocycles. The minimum atomic E-state index is 0.536. The van der Waals surface area contributed by atoms with E-state index in [2.05, 4.69) is 30.4 Å². The smallest absolute Gasteiger partial charge is 0.144 e. The van der Waals surface area contributed by atoms with Crippen molar-refractivity contribution >= 4 is 5.82 Å². The number of nitrogens with zero attached hydrogens (tertiary/aromatic N) is 3. The van der Waals surface area contributed by atoms with Crippen LogP contribution in [0.3, 0.4) is 0 Å². The van der Waals surface area contributed by atoms with Crippen molar-refractivity contribution in [2.45, 2.75) is 44.6 Å². The molecular formula is C17H24N4. The normalized spacial score (nSPS) is 19.0. The molecule has 1 aromatic rings. The third-order valence-electron chi connectivity index (χ3n) is 4.73. The number of fused-ring (bicyclic) bond motifs is 1. The van der Waals surface area contributed by atoms with E-state index in [4.69, 9.17) is 4.98 Å². The molecule has 2 aliphatic carbocycles. The third-order valence-corrected chi connectivity index (χ3v) is 4.73. The van der Waals surface area contributed by atoms with Gasteiger partial charge in [0.2, 0.25) is 0 Å². The Bertz CT molecular complexity index is 553. The summed E-state index contributed by atoms with van der Waals surface area (Å²) in [6.45, 7) is 0.873. The van der Waals surface area contributed by atoms with Crippen molar-refractivity contribution in [1.29, 1.82) is 5.26 Å². The Hall–Kier alpha value is -1.60. The van der Waals surface area contributed by atoms with Crippen LogP contribution in [0, 0.1) is 17.2 Å². The van der Waals surface area contributed by atoms with Crippen molar-refractivity contribution in [2.24, 2.45) is 5.92 Å². The first-order valence-electron chi connectivity index (χ1n) is 8.02. The highest BCUT2D eigenvalue weighted by molar-refractivity contribution is 5.54. The lowest BCUT2D eigenvalue weighted by atomic mass is 9.95. The maximum atomic E-state index is 9.38. The molecule has 0 radical (unpaired) electrons. The average molecular weight is 284 g/mol. The summed E-state index contributed by atoms with van der Waals surface area (Å²) in [6, 6.07) is 4.89. The summed E-state index contributed by atoms with van der Waals surface area (Å²) in [7, 11) is 4.27. The number of aryl methyl sites for hydroxylation is 2. The monoisotopic (exact) mass is 284 g/mol.